The van der Waals surface area contributed by atoms with Crippen molar-refractivity contribution in [3.8, 4) is 5.75 Å². The number of halogens is 2. The van der Waals surface area contributed by atoms with Crippen LogP contribution in [0.25, 0.3) is 10.8 Å². The number of aryl methyl sites for hydroxylation is 1. The van der Waals surface area contributed by atoms with Gasteiger partial charge in [0.25, 0.3) is 5.91 Å². The fraction of sp³-hybridized carbons (Fsp3) is 0.105. The first kappa shape index (κ1) is 17.6. The largest absolute Gasteiger partial charge is 0.495 e. The summed E-state index contributed by atoms with van der Waals surface area (Å²) in [5, 5.41) is 5.16. The summed E-state index contributed by atoms with van der Waals surface area (Å²) in [4.78, 5) is 12.9. The van der Waals surface area contributed by atoms with Crippen LogP contribution >= 0.6 is 27.5 Å². The first-order valence-corrected chi connectivity index (χ1v) is 8.71. The Morgan fingerprint density at radius 2 is 1.96 bits per heavy atom. The van der Waals surface area contributed by atoms with Gasteiger partial charge >= 0.3 is 0 Å². The minimum Gasteiger partial charge on any atom is -0.495 e. The summed E-state index contributed by atoms with van der Waals surface area (Å²) in [5.74, 6) is 0.165. The lowest BCUT2D eigenvalue weighted by molar-refractivity contribution is 0.102. The number of carbonyl (C=O) groups excluding carboxylic acids is 1. The van der Waals surface area contributed by atoms with E-state index in [1.807, 2.05) is 31.2 Å². The first-order chi connectivity index (χ1) is 11.9. The summed E-state index contributed by atoms with van der Waals surface area (Å²) in [7, 11) is 1.53. The molecule has 3 rings (SSSR count). The van der Waals surface area contributed by atoms with Gasteiger partial charge in [-0.3, -0.25) is 4.79 Å². The molecule has 0 atom stereocenters. The zero-order valence-electron chi connectivity index (χ0n) is 13.7. The SMILES string of the molecule is COc1c(C(=O)Nc2c(C)cc(N)cc2Cl)cc2ccccc2c1Br. The average molecular weight is 420 g/mol. The number of amides is 1. The van der Waals surface area contributed by atoms with E-state index in [1.54, 1.807) is 18.2 Å². The molecular weight excluding hydrogens is 404 g/mol. The molecule has 0 aliphatic heterocycles. The Labute approximate surface area is 159 Å². The highest BCUT2D eigenvalue weighted by Gasteiger charge is 2.19. The van der Waals surface area contributed by atoms with Crippen molar-refractivity contribution in [3.05, 3.63) is 63.1 Å². The number of carbonyl (C=O) groups is 1. The van der Waals surface area contributed by atoms with Crippen molar-refractivity contribution in [2.75, 3.05) is 18.2 Å². The number of nitrogens with one attached hydrogen (secondary N) is 1. The van der Waals surface area contributed by atoms with Gasteiger partial charge in [-0.1, -0.05) is 35.9 Å². The quantitative estimate of drug-likeness (QED) is 0.558. The van der Waals surface area contributed by atoms with Crippen LogP contribution in [0.3, 0.4) is 0 Å². The number of hydrogen-bond donors (Lipinski definition) is 2. The molecule has 0 bridgehead atoms. The molecule has 0 radical (unpaired) electrons. The molecule has 1 amide bonds. The van der Waals surface area contributed by atoms with Crippen LogP contribution in [0.15, 0.2) is 46.9 Å². The van der Waals surface area contributed by atoms with Crippen LogP contribution < -0.4 is 15.8 Å². The van der Waals surface area contributed by atoms with Crippen LogP contribution in [0.1, 0.15) is 15.9 Å². The van der Waals surface area contributed by atoms with Gasteiger partial charge in [-0.25, -0.2) is 0 Å². The van der Waals surface area contributed by atoms with Crippen molar-refractivity contribution < 1.29 is 9.53 Å². The predicted octanol–water partition coefficient (Wildman–Crippen LogP) is 5.41. The monoisotopic (exact) mass is 418 g/mol. The Balaban J connectivity index is 2.09. The number of ether oxygens (including phenoxy) is 1. The van der Waals surface area contributed by atoms with Gasteiger partial charge in [0.05, 0.1) is 27.9 Å². The number of fused-ring (bicyclic) bond motifs is 1. The van der Waals surface area contributed by atoms with Crippen molar-refractivity contribution in [2.24, 2.45) is 0 Å². The maximum atomic E-state index is 12.9. The van der Waals surface area contributed by atoms with Gasteiger partial charge in [0.2, 0.25) is 0 Å². The van der Waals surface area contributed by atoms with Gasteiger partial charge in [0, 0.05) is 5.69 Å². The Hall–Kier alpha value is -2.24. The van der Waals surface area contributed by atoms with Crippen molar-refractivity contribution in [1.29, 1.82) is 0 Å². The van der Waals surface area contributed by atoms with E-state index in [9.17, 15) is 4.79 Å². The molecule has 3 aromatic carbocycles. The fourth-order valence-corrected chi connectivity index (χ4v) is 3.82. The van der Waals surface area contributed by atoms with E-state index in [2.05, 4.69) is 21.2 Å². The van der Waals surface area contributed by atoms with Gasteiger partial charge in [-0.15, -0.1) is 0 Å². The highest BCUT2D eigenvalue weighted by Crippen LogP contribution is 2.37. The Kier molecular flexibility index (Phi) is 4.88. The van der Waals surface area contributed by atoms with Crippen molar-refractivity contribution >= 4 is 55.6 Å². The number of rotatable bonds is 3. The molecule has 128 valence electrons. The van der Waals surface area contributed by atoms with Crippen LogP contribution in [-0.4, -0.2) is 13.0 Å². The lowest BCUT2D eigenvalue weighted by Gasteiger charge is -2.15. The van der Waals surface area contributed by atoms with Crippen LogP contribution in [-0.2, 0) is 0 Å². The minimum atomic E-state index is -0.307. The van der Waals surface area contributed by atoms with Crippen LogP contribution in [0.5, 0.6) is 5.75 Å². The molecule has 0 heterocycles. The molecule has 0 aliphatic carbocycles. The maximum Gasteiger partial charge on any atom is 0.259 e. The Bertz CT molecular complexity index is 966. The molecule has 0 unspecified atom stereocenters. The van der Waals surface area contributed by atoms with Gasteiger partial charge in [0.15, 0.2) is 0 Å². The van der Waals surface area contributed by atoms with E-state index >= 15 is 0 Å². The van der Waals surface area contributed by atoms with E-state index in [0.29, 0.717) is 27.7 Å². The third-order valence-electron chi connectivity index (χ3n) is 3.94. The summed E-state index contributed by atoms with van der Waals surface area (Å²) in [6.07, 6.45) is 0. The lowest BCUT2D eigenvalue weighted by Crippen LogP contribution is -2.15. The molecule has 3 N–H and O–H groups in total. The second kappa shape index (κ2) is 6.94. The van der Waals surface area contributed by atoms with Gasteiger partial charge in [0.1, 0.15) is 5.75 Å². The Morgan fingerprint density at radius 1 is 1.24 bits per heavy atom. The van der Waals surface area contributed by atoms with Crippen LogP contribution in [0, 0.1) is 6.92 Å². The normalized spacial score (nSPS) is 10.7. The van der Waals surface area contributed by atoms with Gasteiger partial charge in [-0.2, -0.15) is 0 Å². The fourth-order valence-electron chi connectivity index (χ4n) is 2.76. The van der Waals surface area contributed by atoms with Crippen molar-refractivity contribution in [3.63, 3.8) is 0 Å². The Morgan fingerprint density at radius 3 is 2.64 bits per heavy atom. The molecule has 3 aromatic rings. The molecule has 0 aliphatic rings. The zero-order chi connectivity index (χ0) is 18.1. The summed E-state index contributed by atoms with van der Waals surface area (Å²) in [6, 6.07) is 12.9. The van der Waals surface area contributed by atoms with Gasteiger partial charge in [-0.05, 0) is 57.4 Å². The smallest absolute Gasteiger partial charge is 0.259 e. The molecule has 0 saturated carbocycles. The molecular formula is C19H16BrClN2O2. The highest BCUT2D eigenvalue weighted by molar-refractivity contribution is 9.10. The van der Waals surface area contributed by atoms with Crippen LogP contribution in [0.2, 0.25) is 5.02 Å². The second-order valence-corrected chi connectivity index (χ2v) is 6.84. The number of methoxy groups -OCH3 is 1. The second-order valence-electron chi connectivity index (χ2n) is 5.64. The summed E-state index contributed by atoms with van der Waals surface area (Å²) >= 11 is 9.77. The van der Waals surface area contributed by atoms with E-state index in [0.717, 1.165) is 20.8 Å². The molecule has 25 heavy (non-hydrogen) atoms. The number of benzene rings is 3. The standard InChI is InChI=1S/C19H16BrClN2O2/c1-10-7-12(22)9-15(21)17(10)23-19(24)14-8-11-5-3-4-6-13(11)16(20)18(14)25-2/h3-9H,22H2,1-2H3,(H,23,24). The summed E-state index contributed by atoms with van der Waals surface area (Å²) in [5.41, 5.74) is 8.06. The number of hydrogen-bond acceptors (Lipinski definition) is 3. The van der Waals surface area contributed by atoms with E-state index in [1.165, 1.54) is 7.11 Å². The van der Waals surface area contributed by atoms with Gasteiger partial charge < -0.3 is 15.8 Å². The summed E-state index contributed by atoms with van der Waals surface area (Å²) < 4.78 is 6.20. The third-order valence-corrected chi connectivity index (χ3v) is 5.02. The van der Waals surface area contributed by atoms with Crippen molar-refractivity contribution in [2.45, 2.75) is 6.92 Å². The molecule has 6 heteroatoms. The lowest BCUT2D eigenvalue weighted by atomic mass is 10.0. The molecule has 0 saturated heterocycles. The molecule has 0 aromatic heterocycles. The highest BCUT2D eigenvalue weighted by atomic mass is 79.9. The van der Waals surface area contributed by atoms with E-state index < -0.39 is 0 Å². The average Bonchev–Trinajstić information content (AvgIpc) is 2.57. The molecule has 0 fully saturated rings. The summed E-state index contributed by atoms with van der Waals surface area (Å²) in [6.45, 7) is 1.84. The third kappa shape index (κ3) is 3.30. The maximum absolute atomic E-state index is 12.9. The number of nitrogen functional groups attached to an aromatic ring is 1. The van der Waals surface area contributed by atoms with Crippen molar-refractivity contribution in [1.82, 2.24) is 0 Å². The minimum absolute atomic E-state index is 0.307. The van der Waals surface area contributed by atoms with Crippen LogP contribution in [0.4, 0.5) is 11.4 Å². The number of nitrogens with two attached hydrogens (primary N) is 1. The van der Waals surface area contributed by atoms with E-state index in [-0.39, 0.29) is 5.91 Å². The number of anilines is 2. The topological polar surface area (TPSA) is 64.3 Å². The molecule has 4 nitrogen and oxygen atoms in total. The zero-order valence-corrected chi connectivity index (χ0v) is 16.0. The van der Waals surface area contributed by atoms with E-state index in [4.69, 9.17) is 22.1 Å². The molecule has 0 spiro atoms. The first-order valence-electron chi connectivity index (χ1n) is 7.54. The predicted molar refractivity (Wildman–Crippen MR) is 107 cm³/mol.